The van der Waals surface area contributed by atoms with Gasteiger partial charge in [0.15, 0.2) is 0 Å². The van der Waals surface area contributed by atoms with Crippen molar-refractivity contribution in [3.63, 3.8) is 0 Å². The molecule has 0 N–H and O–H groups in total. The summed E-state index contributed by atoms with van der Waals surface area (Å²) < 4.78 is 52.6. The topological polar surface area (TPSA) is 29.5 Å². The van der Waals surface area contributed by atoms with Crippen molar-refractivity contribution in [1.82, 2.24) is 0 Å². The second-order valence-corrected chi connectivity index (χ2v) is 3.72. The Balaban J connectivity index is 2.59. The number of rotatable bonds is 5. The van der Waals surface area contributed by atoms with Crippen LogP contribution in [0, 0.1) is 5.82 Å². The van der Waals surface area contributed by atoms with Crippen molar-refractivity contribution in [3.8, 4) is 0 Å². The molecule has 0 radical (unpaired) electrons. The summed E-state index contributed by atoms with van der Waals surface area (Å²) in [5.74, 6) is -1.07. The summed E-state index contributed by atoms with van der Waals surface area (Å²) in [6, 6.07) is 5.09. The van der Waals surface area contributed by atoms with Gasteiger partial charge in [-0.05, 0) is 31.2 Å². The van der Waals surface area contributed by atoms with E-state index in [4.69, 9.17) is 0 Å². The van der Waals surface area contributed by atoms with Crippen molar-refractivity contribution in [2.75, 3.05) is 24.7 Å². The van der Waals surface area contributed by atoms with Gasteiger partial charge in [0.1, 0.15) is 19.0 Å². The van der Waals surface area contributed by atoms with E-state index in [2.05, 4.69) is 4.74 Å². The molecule has 19 heavy (non-hydrogen) atoms. The third-order valence-corrected chi connectivity index (χ3v) is 2.25. The van der Waals surface area contributed by atoms with Crippen LogP contribution >= 0.6 is 0 Å². The average molecular weight is 279 g/mol. The fourth-order valence-electron chi connectivity index (χ4n) is 1.46. The summed E-state index contributed by atoms with van der Waals surface area (Å²) in [4.78, 5) is 12.9. The number of hydrogen-bond acceptors (Lipinski definition) is 2. The maximum Gasteiger partial charge on any atom is 0.411 e. The zero-order valence-electron chi connectivity index (χ0n) is 10.2. The standard InChI is InChI=1S/C12H13F4NO2/c1-2-17(10-5-3-9(13)4-6-10)11(18)7-19-8-12(14,15)16/h3-6H,2,7-8H2,1H3. The zero-order valence-corrected chi connectivity index (χ0v) is 10.2. The quantitative estimate of drug-likeness (QED) is 0.776. The molecule has 0 unspecified atom stereocenters. The molecule has 0 fully saturated rings. The predicted octanol–water partition coefficient (Wildman–Crippen LogP) is 2.76. The molecular weight excluding hydrogens is 266 g/mol. The highest BCUT2D eigenvalue weighted by Gasteiger charge is 2.28. The van der Waals surface area contributed by atoms with Crippen molar-refractivity contribution < 1.29 is 27.1 Å². The summed E-state index contributed by atoms with van der Waals surface area (Å²) in [6.07, 6.45) is -4.47. The van der Waals surface area contributed by atoms with E-state index in [-0.39, 0.29) is 6.54 Å². The van der Waals surface area contributed by atoms with Crippen LogP contribution in [0.25, 0.3) is 0 Å². The smallest absolute Gasteiger partial charge is 0.362 e. The molecule has 3 nitrogen and oxygen atoms in total. The molecule has 7 heteroatoms. The Labute approximate surface area is 107 Å². The first-order valence-corrected chi connectivity index (χ1v) is 5.54. The largest absolute Gasteiger partial charge is 0.411 e. The lowest BCUT2D eigenvalue weighted by Gasteiger charge is -2.21. The molecular formula is C12H13F4NO2. The van der Waals surface area contributed by atoms with Gasteiger partial charge in [-0.15, -0.1) is 0 Å². The van der Waals surface area contributed by atoms with Gasteiger partial charge in [-0.1, -0.05) is 0 Å². The van der Waals surface area contributed by atoms with E-state index >= 15 is 0 Å². The molecule has 106 valence electrons. The Morgan fingerprint density at radius 3 is 2.32 bits per heavy atom. The van der Waals surface area contributed by atoms with Crippen LogP contribution in [0.2, 0.25) is 0 Å². The minimum atomic E-state index is -4.47. The molecule has 0 aliphatic heterocycles. The number of alkyl halides is 3. The van der Waals surface area contributed by atoms with Crippen LogP contribution < -0.4 is 4.90 Å². The lowest BCUT2D eigenvalue weighted by Crippen LogP contribution is -2.35. The van der Waals surface area contributed by atoms with Gasteiger partial charge in [-0.3, -0.25) is 4.79 Å². The van der Waals surface area contributed by atoms with Gasteiger partial charge in [0.05, 0.1) is 0 Å². The van der Waals surface area contributed by atoms with Crippen molar-refractivity contribution >= 4 is 11.6 Å². The maximum absolute atomic E-state index is 12.7. The van der Waals surface area contributed by atoms with E-state index in [1.807, 2.05) is 0 Å². The van der Waals surface area contributed by atoms with Gasteiger partial charge >= 0.3 is 6.18 Å². The fourth-order valence-corrected chi connectivity index (χ4v) is 1.46. The number of halogens is 4. The van der Waals surface area contributed by atoms with Gasteiger partial charge in [0.2, 0.25) is 0 Å². The van der Waals surface area contributed by atoms with Crippen LogP contribution in [-0.2, 0) is 9.53 Å². The second kappa shape index (κ2) is 6.51. The van der Waals surface area contributed by atoms with E-state index in [9.17, 15) is 22.4 Å². The van der Waals surface area contributed by atoms with Crippen LogP contribution in [0.15, 0.2) is 24.3 Å². The summed E-state index contributed by atoms with van der Waals surface area (Å²) in [6.45, 7) is -0.241. The molecule has 0 bridgehead atoms. The number of ether oxygens (including phenoxy) is 1. The van der Waals surface area contributed by atoms with Crippen molar-refractivity contribution in [3.05, 3.63) is 30.1 Å². The van der Waals surface area contributed by atoms with E-state index in [1.54, 1.807) is 6.92 Å². The third-order valence-electron chi connectivity index (χ3n) is 2.25. The first kappa shape index (κ1) is 15.4. The molecule has 0 heterocycles. The van der Waals surface area contributed by atoms with Crippen molar-refractivity contribution in [2.45, 2.75) is 13.1 Å². The van der Waals surface area contributed by atoms with Gasteiger partial charge < -0.3 is 9.64 Å². The number of amides is 1. The number of carbonyl (C=O) groups is 1. The van der Waals surface area contributed by atoms with Gasteiger partial charge in [0, 0.05) is 12.2 Å². The zero-order chi connectivity index (χ0) is 14.5. The first-order chi connectivity index (χ1) is 8.83. The summed E-state index contributed by atoms with van der Waals surface area (Å²) in [7, 11) is 0. The molecule has 0 saturated carbocycles. The van der Waals surface area contributed by atoms with Crippen LogP contribution in [0.4, 0.5) is 23.2 Å². The molecule has 1 rings (SSSR count). The summed E-state index contributed by atoms with van der Waals surface area (Å²) >= 11 is 0. The number of benzene rings is 1. The molecule has 1 aromatic rings. The monoisotopic (exact) mass is 279 g/mol. The Morgan fingerprint density at radius 1 is 1.26 bits per heavy atom. The number of carbonyl (C=O) groups excluding carboxylic acids is 1. The predicted molar refractivity (Wildman–Crippen MR) is 61.3 cm³/mol. The fraction of sp³-hybridized carbons (Fsp3) is 0.417. The van der Waals surface area contributed by atoms with E-state index in [1.165, 1.54) is 29.2 Å². The molecule has 0 saturated heterocycles. The highest BCUT2D eigenvalue weighted by Crippen LogP contribution is 2.16. The minimum absolute atomic E-state index is 0.250. The Bertz CT molecular complexity index is 417. The molecule has 0 aliphatic rings. The lowest BCUT2D eigenvalue weighted by atomic mass is 10.2. The van der Waals surface area contributed by atoms with Crippen LogP contribution in [0.5, 0.6) is 0 Å². The number of anilines is 1. The van der Waals surface area contributed by atoms with E-state index in [0.29, 0.717) is 5.69 Å². The van der Waals surface area contributed by atoms with Crippen LogP contribution in [0.3, 0.4) is 0 Å². The lowest BCUT2D eigenvalue weighted by molar-refractivity contribution is -0.175. The summed E-state index contributed by atoms with van der Waals surface area (Å²) in [5, 5.41) is 0. The Hall–Kier alpha value is -1.63. The van der Waals surface area contributed by atoms with Gasteiger partial charge in [-0.25, -0.2) is 4.39 Å². The number of hydrogen-bond donors (Lipinski definition) is 0. The first-order valence-electron chi connectivity index (χ1n) is 5.54. The van der Waals surface area contributed by atoms with Gasteiger partial charge in [0.25, 0.3) is 5.91 Å². The molecule has 0 aromatic heterocycles. The SMILES string of the molecule is CCN(C(=O)COCC(F)(F)F)c1ccc(F)cc1. The number of nitrogens with zero attached hydrogens (tertiary/aromatic N) is 1. The van der Waals surface area contributed by atoms with E-state index < -0.39 is 31.1 Å². The van der Waals surface area contributed by atoms with E-state index in [0.717, 1.165) is 0 Å². The third kappa shape index (κ3) is 5.25. The molecule has 1 aromatic carbocycles. The Morgan fingerprint density at radius 2 is 1.84 bits per heavy atom. The Kier molecular flexibility index (Phi) is 5.29. The molecule has 0 aliphatic carbocycles. The highest BCUT2D eigenvalue weighted by molar-refractivity contribution is 5.94. The van der Waals surface area contributed by atoms with Crippen LogP contribution in [0.1, 0.15) is 6.92 Å². The molecule has 0 spiro atoms. The van der Waals surface area contributed by atoms with Gasteiger partial charge in [-0.2, -0.15) is 13.2 Å². The van der Waals surface area contributed by atoms with Crippen molar-refractivity contribution in [1.29, 1.82) is 0 Å². The minimum Gasteiger partial charge on any atom is -0.362 e. The number of likely N-dealkylation sites (N-methyl/N-ethyl adjacent to an activating group) is 1. The second-order valence-electron chi connectivity index (χ2n) is 3.72. The van der Waals surface area contributed by atoms with Crippen molar-refractivity contribution in [2.24, 2.45) is 0 Å². The highest BCUT2D eigenvalue weighted by atomic mass is 19.4. The molecule has 1 amide bonds. The summed E-state index contributed by atoms with van der Waals surface area (Å²) in [5.41, 5.74) is 0.407. The molecule has 0 atom stereocenters. The normalized spacial score (nSPS) is 11.4. The average Bonchev–Trinajstić information content (AvgIpc) is 2.31. The maximum atomic E-state index is 12.7. The van der Waals surface area contributed by atoms with Crippen LogP contribution in [-0.4, -0.2) is 31.8 Å².